The van der Waals surface area contributed by atoms with Crippen molar-refractivity contribution in [3.63, 3.8) is 0 Å². The molecular weight excluding hydrogens is 318 g/mol. The van der Waals surface area contributed by atoms with Crippen molar-refractivity contribution in [1.82, 2.24) is 20.8 Å². The minimum absolute atomic E-state index is 0.0831. The number of H-pyrrole nitrogens is 1. The zero-order chi connectivity index (χ0) is 17.1. The number of benzene rings is 1. The van der Waals surface area contributed by atoms with E-state index in [1.165, 1.54) is 12.1 Å². The SMILES string of the molecule is CC(NC(=O)c1n[nH]c2c1CNCC2)c1ccc(OC(F)F)cc1. The summed E-state index contributed by atoms with van der Waals surface area (Å²) < 4.78 is 28.6. The van der Waals surface area contributed by atoms with Crippen molar-refractivity contribution in [2.24, 2.45) is 0 Å². The van der Waals surface area contributed by atoms with E-state index in [-0.39, 0.29) is 17.7 Å². The number of nitrogens with one attached hydrogen (secondary N) is 3. The van der Waals surface area contributed by atoms with E-state index in [0.29, 0.717) is 12.2 Å². The monoisotopic (exact) mass is 336 g/mol. The number of carbonyl (C=O) groups is 1. The largest absolute Gasteiger partial charge is 0.435 e. The lowest BCUT2D eigenvalue weighted by atomic mass is 10.1. The number of halogens is 2. The maximum absolute atomic E-state index is 12.4. The van der Waals surface area contributed by atoms with Crippen LogP contribution >= 0.6 is 0 Å². The number of aromatic amines is 1. The van der Waals surface area contributed by atoms with E-state index in [9.17, 15) is 13.6 Å². The maximum atomic E-state index is 12.4. The Morgan fingerprint density at radius 1 is 1.33 bits per heavy atom. The molecule has 0 bridgehead atoms. The highest BCUT2D eigenvalue weighted by Crippen LogP contribution is 2.20. The number of alkyl halides is 2. The summed E-state index contributed by atoms with van der Waals surface area (Å²) in [6, 6.07) is 5.89. The Bertz CT molecular complexity index is 715. The third kappa shape index (κ3) is 3.53. The number of hydrogen-bond acceptors (Lipinski definition) is 4. The second-order valence-corrected chi connectivity index (χ2v) is 5.60. The van der Waals surface area contributed by atoms with Crippen LogP contribution in [0.2, 0.25) is 0 Å². The summed E-state index contributed by atoms with van der Waals surface area (Å²) in [6.07, 6.45) is 0.816. The molecule has 0 spiro atoms. The fourth-order valence-corrected chi connectivity index (χ4v) is 2.70. The van der Waals surface area contributed by atoms with Crippen molar-refractivity contribution in [3.8, 4) is 5.75 Å². The maximum Gasteiger partial charge on any atom is 0.387 e. The van der Waals surface area contributed by atoms with Gasteiger partial charge in [-0.1, -0.05) is 12.1 Å². The molecule has 3 N–H and O–H groups in total. The average molecular weight is 336 g/mol. The lowest BCUT2D eigenvalue weighted by molar-refractivity contribution is -0.0498. The topological polar surface area (TPSA) is 79.0 Å². The molecule has 2 aromatic rings. The molecule has 1 amide bonds. The molecule has 1 aromatic heterocycles. The van der Waals surface area contributed by atoms with Gasteiger partial charge in [-0.2, -0.15) is 13.9 Å². The molecule has 0 saturated carbocycles. The van der Waals surface area contributed by atoms with E-state index in [1.54, 1.807) is 12.1 Å². The molecule has 0 fully saturated rings. The first-order chi connectivity index (χ1) is 11.5. The van der Waals surface area contributed by atoms with Gasteiger partial charge in [0.15, 0.2) is 5.69 Å². The third-order valence-electron chi connectivity index (χ3n) is 3.97. The summed E-state index contributed by atoms with van der Waals surface area (Å²) in [5.41, 5.74) is 3.06. The Balaban J connectivity index is 1.67. The highest BCUT2D eigenvalue weighted by atomic mass is 19.3. The van der Waals surface area contributed by atoms with Crippen LogP contribution in [-0.2, 0) is 13.0 Å². The second-order valence-electron chi connectivity index (χ2n) is 5.60. The predicted octanol–water partition coefficient (Wildman–Crippen LogP) is 2.15. The van der Waals surface area contributed by atoms with Crippen molar-refractivity contribution in [2.75, 3.05) is 6.54 Å². The van der Waals surface area contributed by atoms with Crippen LogP contribution in [0.3, 0.4) is 0 Å². The van der Waals surface area contributed by atoms with Crippen LogP contribution in [-0.4, -0.2) is 29.3 Å². The van der Waals surface area contributed by atoms with E-state index in [0.717, 1.165) is 29.8 Å². The lowest BCUT2D eigenvalue weighted by Crippen LogP contribution is -2.30. The number of aromatic nitrogens is 2. The first-order valence-corrected chi connectivity index (χ1v) is 7.67. The molecule has 8 heteroatoms. The van der Waals surface area contributed by atoms with Gasteiger partial charge in [0, 0.05) is 30.8 Å². The first kappa shape index (κ1) is 16.4. The molecular formula is C16H18F2N4O2. The van der Waals surface area contributed by atoms with Gasteiger partial charge >= 0.3 is 6.61 Å². The highest BCUT2D eigenvalue weighted by Gasteiger charge is 2.22. The zero-order valence-electron chi connectivity index (χ0n) is 13.1. The molecule has 0 saturated heterocycles. The van der Waals surface area contributed by atoms with Gasteiger partial charge in [-0.15, -0.1) is 0 Å². The molecule has 1 unspecified atom stereocenters. The van der Waals surface area contributed by atoms with Crippen LogP contribution in [0.15, 0.2) is 24.3 Å². The molecule has 0 aliphatic carbocycles. The first-order valence-electron chi connectivity index (χ1n) is 7.67. The van der Waals surface area contributed by atoms with Gasteiger partial charge in [-0.05, 0) is 24.6 Å². The summed E-state index contributed by atoms with van der Waals surface area (Å²) in [7, 11) is 0. The Kier molecular flexibility index (Phi) is 4.75. The molecule has 0 radical (unpaired) electrons. The number of fused-ring (bicyclic) bond motifs is 1. The zero-order valence-corrected chi connectivity index (χ0v) is 13.1. The van der Waals surface area contributed by atoms with Gasteiger partial charge in [0.25, 0.3) is 5.91 Å². The standard InChI is InChI=1S/C16H18F2N4O2/c1-9(10-2-4-11(5-3-10)24-16(17)18)20-15(23)14-12-8-19-7-6-13(12)21-22-14/h2-5,9,16,19H,6-8H2,1H3,(H,20,23)(H,21,22). The predicted molar refractivity (Wildman–Crippen MR) is 83.0 cm³/mol. The van der Waals surface area contributed by atoms with Crippen molar-refractivity contribution in [2.45, 2.75) is 32.5 Å². The van der Waals surface area contributed by atoms with Gasteiger partial charge in [0.05, 0.1) is 6.04 Å². The molecule has 128 valence electrons. The summed E-state index contributed by atoms with van der Waals surface area (Å²) >= 11 is 0. The fourth-order valence-electron chi connectivity index (χ4n) is 2.70. The quantitative estimate of drug-likeness (QED) is 0.782. The third-order valence-corrected chi connectivity index (χ3v) is 3.97. The fraction of sp³-hybridized carbons (Fsp3) is 0.375. The molecule has 1 aliphatic rings. The van der Waals surface area contributed by atoms with E-state index in [2.05, 4.69) is 25.6 Å². The normalized spacial score (nSPS) is 15.0. The minimum Gasteiger partial charge on any atom is -0.435 e. The molecule has 1 atom stereocenters. The summed E-state index contributed by atoms with van der Waals surface area (Å²) in [6.45, 7) is 0.438. The summed E-state index contributed by atoms with van der Waals surface area (Å²) in [5, 5.41) is 13.1. The molecule has 24 heavy (non-hydrogen) atoms. The van der Waals surface area contributed by atoms with Gasteiger partial charge in [-0.25, -0.2) is 0 Å². The van der Waals surface area contributed by atoms with Gasteiger partial charge in [0.1, 0.15) is 5.75 Å². The van der Waals surface area contributed by atoms with Gasteiger partial charge in [0.2, 0.25) is 0 Å². The number of carbonyl (C=O) groups excluding carboxylic acids is 1. The second kappa shape index (κ2) is 6.96. The van der Waals surface area contributed by atoms with Crippen LogP contribution in [0, 0.1) is 0 Å². The van der Waals surface area contributed by atoms with Crippen LogP contribution in [0.4, 0.5) is 8.78 Å². The van der Waals surface area contributed by atoms with Crippen LogP contribution in [0.25, 0.3) is 0 Å². The van der Waals surface area contributed by atoms with Crippen molar-refractivity contribution in [3.05, 3.63) is 46.8 Å². The molecule has 6 nitrogen and oxygen atoms in total. The minimum atomic E-state index is -2.85. The molecule has 3 rings (SSSR count). The lowest BCUT2D eigenvalue weighted by Gasteiger charge is -2.16. The van der Waals surface area contributed by atoms with Crippen molar-refractivity contribution < 1.29 is 18.3 Å². The average Bonchev–Trinajstić information content (AvgIpc) is 2.99. The van der Waals surface area contributed by atoms with Gasteiger partial charge < -0.3 is 15.4 Å². The van der Waals surface area contributed by atoms with Crippen LogP contribution in [0.5, 0.6) is 5.75 Å². The number of rotatable bonds is 5. The number of ether oxygens (including phenoxy) is 1. The van der Waals surface area contributed by atoms with E-state index < -0.39 is 6.61 Å². The number of amides is 1. The van der Waals surface area contributed by atoms with Crippen LogP contribution in [0.1, 0.15) is 40.3 Å². The van der Waals surface area contributed by atoms with Crippen molar-refractivity contribution in [1.29, 1.82) is 0 Å². The Hall–Kier alpha value is -2.48. The molecule has 1 aromatic carbocycles. The smallest absolute Gasteiger partial charge is 0.387 e. The number of nitrogens with zero attached hydrogens (tertiary/aromatic N) is 1. The van der Waals surface area contributed by atoms with E-state index in [4.69, 9.17) is 0 Å². The Labute approximate surface area is 137 Å². The number of hydrogen-bond donors (Lipinski definition) is 3. The van der Waals surface area contributed by atoms with Crippen molar-refractivity contribution >= 4 is 5.91 Å². The van der Waals surface area contributed by atoms with Gasteiger partial charge in [-0.3, -0.25) is 9.89 Å². The summed E-state index contributed by atoms with van der Waals surface area (Å²) in [5.74, 6) is -0.184. The summed E-state index contributed by atoms with van der Waals surface area (Å²) in [4.78, 5) is 12.4. The molecule has 1 aliphatic heterocycles. The molecule has 2 heterocycles. The Morgan fingerprint density at radius 3 is 2.79 bits per heavy atom. The van der Waals surface area contributed by atoms with E-state index in [1.807, 2.05) is 6.92 Å². The van der Waals surface area contributed by atoms with Crippen LogP contribution < -0.4 is 15.4 Å². The Morgan fingerprint density at radius 2 is 2.08 bits per heavy atom. The van der Waals surface area contributed by atoms with E-state index >= 15 is 0 Å². The highest BCUT2D eigenvalue weighted by molar-refractivity contribution is 5.94.